The van der Waals surface area contributed by atoms with Crippen LogP contribution in [-0.4, -0.2) is 34.8 Å². The average molecular weight is 381 g/mol. The number of hydrogen-bond donors (Lipinski definition) is 1. The van der Waals surface area contributed by atoms with E-state index in [-0.39, 0.29) is 17.9 Å². The zero-order valence-electron chi connectivity index (χ0n) is 16.0. The summed E-state index contributed by atoms with van der Waals surface area (Å²) in [6.07, 6.45) is 3.05. The van der Waals surface area contributed by atoms with E-state index in [2.05, 4.69) is 4.98 Å². The number of rotatable bonds is 6. The number of aliphatic hydroxyl groups excluding tert-OH is 1. The monoisotopic (exact) mass is 381 g/mol. The molecule has 8 heteroatoms. The molecule has 8 nitrogen and oxygen atoms in total. The minimum atomic E-state index is -0.368. The predicted molar refractivity (Wildman–Crippen MR) is 107 cm³/mol. The molecule has 0 amide bonds. The first-order chi connectivity index (χ1) is 13.5. The van der Waals surface area contributed by atoms with E-state index in [1.165, 1.54) is 9.13 Å². The molecule has 0 aliphatic heterocycles. The first kappa shape index (κ1) is 18.2. The van der Waals surface area contributed by atoms with Gasteiger partial charge in [-0.1, -0.05) is 30.3 Å². The van der Waals surface area contributed by atoms with Crippen LogP contribution < -0.4 is 11.2 Å². The summed E-state index contributed by atoms with van der Waals surface area (Å²) >= 11 is 0. The Morgan fingerprint density at radius 1 is 1.07 bits per heavy atom. The topological polar surface area (TPSA) is 86.5 Å². The van der Waals surface area contributed by atoms with Crippen LogP contribution in [0.15, 0.2) is 46.1 Å². The van der Waals surface area contributed by atoms with Crippen molar-refractivity contribution in [1.29, 1.82) is 0 Å². The Kier molecular flexibility index (Phi) is 4.64. The average Bonchev–Trinajstić information content (AvgIpc) is 3.20. The number of aryl methyl sites for hydroxylation is 4. The van der Waals surface area contributed by atoms with Crippen LogP contribution in [-0.2, 0) is 26.6 Å². The van der Waals surface area contributed by atoms with Gasteiger partial charge in [-0.2, -0.15) is 4.98 Å². The van der Waals surface area contributed by atoms with Gasteiger partial charge in [-0.15, -0.1) is 0 Å². The second kappa shape index (κ2) is 7.12. The van der Waals surface area contributed by atoms with Crippen molar-refractivity contribution in [3.05, 3.63) is 68.6 Å². The van der Waals surface area contributed by atoms with Crippen molar-refractivity contribution in [3.63, 3.8) is 0 Å². The summed E-state index contributed by atoms with van der Waals surface area (Å²) in [6, 6.07) is 9.79. The van der Waals surface area contributed by atoms with Crippen LogP contribution in [0.4, 0.5) is 0 Å². The lowest BCUT2D eigenvalue weighted by Crippen LogP contribution is -2.39. The van der Waals surface area contributed by atoms with Crippen LogP contribution in [0.3, 0.4) is 0 Å². The molecule has 4 rings (SSSR count). The zero-order valence-corrected chi connectivity index (χ0v) is 16.0. The van der Waals surface area contributed by atoms with Gasteiger partial charge in [0.15, 0.2) is 11.2 Å². The molecule has 3 aromatic heterocycles. The maximum Gasteiger partial charge on any atom is 0.332 e. The molecule has 3 heterocycles. The first-order valence-electron chi connectivity index (χ1n) is 9.35. The third kappa shape index (κ3) is 2.86. The number of aliphatic hydroxyl groups is 1. The minimum absolute atomic E-state index is 0.0782. The molecule has 0 bridgehead atoms. The van der Waals surface area contributed by atoms with Gasteiger partial charge < -0.3 is 9.67 Å². The van der Waals surface area contributed by atoms with E-state index >= 15 is 0 Å². The van der Waals surface area contributed by atoms with Crippen molar-refractivity contribution in [1.82, 2.24) is 23.1 Å². The van der Waals surface area contributed by atoms with E-state index in [9.17, 15) is 9.59 Å². The Bertz CT molecular complexity index is 1260. The van der Waals surface area contributed by atoms with Gasteiger partial charge in [0.05, 0.1) is 0 Å². The third-order valence-electron chi connectivity index (χ3n) is 5.15. The largest absolute Gasteiger partial charge is 0.396 e. The number of hydrogen-bond acceptors (Lipinski definition) is 4. The maximum absolute atomic E-state index is 13.2. The van der Waals surface area contributed by atoms with Crippen molar-refractivity contribution >= 4 is 16.9 Å². The molecule has 0 fully saturated rings. The lowest BCUT2D eigenvalue weighted by atomic mass is 10.1. The highest BCUT2D eigenvalue weighted by Crippen LogP contribution is 2.16. The van der Waals surface area contributed by atoms with Crippen LogP contribution in [0, 0.1) is 6.92 Å². The van der Waals surface area contributed by atoms with Gasteiger partial charge in [-0.25, -0.2) is 4.79 Å². The van der Waals surface area contributed by atoms with E-state index in [4.69, 9.17) is 5.11 Å². The predicted octanol–water partition coefficient (Wildman–Crippen LogP) is 1.08. The molecule has 146 valence electrons. The molecule has 1 aromatic carbocycles. The van der Waals surface area contributed by atoms with Gasteiger partial charge >= 0.3 is 5.69 Å². The Morgan fingerprint density at radius 3 is 2.54 bits per heavy atom. The van der Waals surface area contributed by atoms with Crippen molar-refractivity contribution in [3.8, 4) is 0 Å². The molecule has 0 saturated carbocycles. The van der Waals surface area contributed by atoms with Crippen LogP contribution in [0.1, 0.15) is 17.7 Å². The number of benzene rings is 1. The number of nitrogens with zero attached hydrogens (tertiary/aromatic N) is 5. The van der Waals surface area contributed by atoms with E-state index in [1.54, 1.807) is 11.4 Å². The molecular weight excluding hydrogens is 358 g/mol. The number of aromatic nitrogens is 5. The summed E-state index contributed by atoms with van der Waals surface area (Å²) in [6.45, 7) is 2.92. The first-order valence-corrected chi connectivity index (χ1v) is 9.35. The SMILES string of the molecule is Cc1cn2c3c(=O)n(CCc4ccccc4)c(=O)n(C)c3nc2n1CCCO. The van der Waals surface area contributed by atoms with E-state index in [0.29, 0.717) is 42.9 Å². The molecule has 0 aliphatic carbocycles. The standard InChI is InChI=1S/C20H23N5O3/c1-14-13-25-16-17(21-19(25)23(14)10-6-12-26)22(2)20(28)24(18(16)27)11-9-15-7-4-3-5-8-15/h3-5,7-8,13,26H,6,9-12H2,1-2H3. The van der Waals surface area contributed by atoms with Crippen LogP contribution >= 0.6 is 0 Å². The fourth-order valence-electron chi connectivity index (χ4n) is 3.64. The molecule has 28 heavy (non-hydrogen) atoms. The molecule has 0 aliphatic rings. The van der Waals surface area contributed by atoms with E-state index in [0.717, 1.165) is 11.3 Å². The fraction of sp³-hybridized carbons (Fsp3) is 0.350. The van der Waals surface area contributed by atoms with E-state index < -0.39 is 0 Å². The van der Waals surface area contributed by atoms with E-state index in [1.807, 2.05) is 48.0 Å². The van der Waals surface area contributed by atoms with Crippen molar-refractivity contribution < 1.29 is 5.11 Å². The summed E-state index contributed by atoms with van der Waals surface area (Å²) in [5, 5.41) is 9.14. The van der Waals surface area contributed by atoms with Gasteiger partial charge in [0, 0.05) is 38.6 Å². The molecule has 1 N–H and O–H groups in total. The third-order valence-corrected chi connectivity index (χ3v) is 5.15. The van der Waals surface area contributed by atoms with Gasteiger partial charge in [0.1, 0.15) is 0 Å². The summed E-state index contributed by atoms with van der Waals surface area (Å²) in [5.74, 6) is 0.605. The minimum Gasteiger partial charge on any atom is -0.396 e. The molecular formula is C20H23N5O3. The number of fused-ring (bicyclic) bond motifs is 3. The molecule has 0 atom stereocenters. The highest BCUT2D eigenvalue weighted by atomic mass is 16.3. The lowest BCUT2D eigenvalue weighted by Gasteiger charge is -2.08. The quantitative estimate of drug-likeness (QED) is 0.542. The Labute approximate surface area is 160 Å². The zero-order chi connectivity index (χ0) is 19.8. The van der Waals surface area contributed by atoms with Crippen LogP contribution in [0.25, 0.3) is 16.9 Å². The summed E-state index contributed by atoms with van der Waals surface area (Å²) in [4.78, 5) is 30.5. The summed E-state index contributed by atoms with van der Waals surface area (Å²) in [5.41, 5.74) is 2.09. The number of imidazole rings is 2. The maximum atomic E-state index is 13.2. The Balaban J connectivity index is 1.87. The van der Waals surface area contributed by atoms with Crippen LogP contribution in [0.5, 0.6) is 0 Å². The molecule has 0 spiro atoms. The second-order valence-electron chi connectivity index (χ2n) is 6.99. The molecule has 4 aromatic rings. The molecule has 0 saturated heterocycles. The fourth-order valence-corrected chi connectivity index (χ4v) is 3.64. The Morgan fingerprint density at radius 2 is 1.82 bits per heavy atom. The smallest absolute Gasteiger partial charge is 0.332 e. The van der Waals surface area contributed by atoms with Crippen molar-refractivity contribution in [2.45, 2.75) is 32.9 Å². The van der Waals surface area contributed by atoms with Crippen molar-refractivity contribution in [2.75, 3.05) is 6.61 Å². The highest BCUT2D eigenvalue weighted by Gasteiger charge is 2.19. The lowest BCUT2D eigenvalue weighted by molar-refractivity contribution is 0.280. The van der Waals surface area contributed by atoms with Crippen molar-refractivity contribution in [2.24, 2.45) is 7.05 Å². The summed E-state index contributed by atoms with van der Waals surface area (Å²) < 4.78 is 6.42. The van der Waals surface area contributed by atoms with Gasteiger partial charge in [-0.3, -0.25) is 18.3 Å². The van der Waals surface area contributed by atoms with Gasteiger partial charge in [-0.05, 0) is 25.3 Å². The Hall–Kier alpha value is -3.13. The van der Waals surface area contributed by atoms with Crippen LogP contribution in [0.2, 0.25) is 0 Å². The molecule has 0 radical (unpaired) electrons. The second-order valence-corrected chi connectivity index (χ2v) is 6.99. The summed E-state index contributed by atoms with van der Waals surface area (Å²) in [7, 11) is 1.64. The van der Waals surface area contributed by atoms with Gasteiger partial charge in [0.2, 0.25) is 5.78 Å². The normalized spacial score (nSPS) is 11.7. The molecule has 0 unspecified atom stereocenters. The highest BCUT2D eigenvalue weighted by molar-refractivity contribution is 5.75. The van der Waals surface area contributed by atoms with Gasteiger partial charge in [0.25, 0.3) is 5.56 Å².